The van der Waals surface area contributed by atoms with Crippen molar-refractivity contribution in [3.05, 3.63) is 76.1 Å². The van der Waals surface area contributed by atoms with Crippen molar-refractivity contribution in [2.45, 2.75) is 6.54 Å². The van der Waals surface area contributed by atoms with Gasteiger partial charge in [0.1, 0.15) is 12.3 Å². The van der Waals surface area contributed by atoms with Crippen LogP contribution in [0.2, 0.25) is 0 Å². The smallest absolute Gasteiger partial charge is 0.322 e. The van der Waals surface area contributed by atoms with Gasteiger partial charge in [-0.3, -0.25) is 19.0 Å². The zero-order valence-corrected chi connectivity index (χ0v) is 16.0. The van der Waals surface area contributed by atoms with E-state index in [2.05, 4.69) is 10.3 Å². The van der Waals surface area contributed by atoms with E-state index in [4.69, 9.17) is 9.84 Å². The van der Waals surface area contributed by atoms with Crippen LogP contribution < -0.4 is 15.6 Å². The molecule has 30 heavy (non-hydrogen) atoms. The molecule has 1 amide bonds. The highest BCUT2D eigenvalue weighted by atomic mass is 16.5. The third kappa shape index (κ3) is 4.30. The van der Waals surface area contributed by atoms with Crippen LogP contribution in [-0.2, 0) is 11.3 Å². The molecule has 9 nitrogen and oxygen atoms in total. The van der Waals surface area contributed by atoms with E-state index >= 15 is 0 Å². The second kappa shape index (κ2) is 8.91. The first-order valence-electron chi connectivity index (χ1n) is 8.93. The molecule has 0 aliphatic carbocycles. The maximum atomic E-state index is 13.2. The van der Waals surface area contributed by atoms with Crippen LogP contribution in [0.25, 0.3) is 11.4 Å². The number of hydrogen-bond acceptors (Lipinski definition) is 6. The van der Waals surface area contributed by atoms with Crippen molar-refractivity contribution in [3.8, 4) is 23.0 Å². The molecule has 0 radical (unpaired) electrons. The van der Waals surface area contributed by atoms with Crippen molar-refractivity contribution < 1.29 is 24.5 Å². The minimum absolute atomic E-state index is 0.0690. The van der Waals surface area contributed by atoms with Crippen LogP contribution in [0.15, 0.2) is 59.4 Å². The highest BCUT2D eigenvalue weighted by Crippen LogP contribution is 2.29. The van der Waals surface area contributed by atoms with Crippen LogP contribution in [0.1, 0.15) is 15.9 Å². The Balaban J connectivity index is 2.20. The van der Waals surface area contributed by atoms with Gasteiger partial charge < -0.3 is 20.3 Å². The van der Waals surface area contributed by atoms with Crippen molar-refractivity contribution in [1.29, 1.82) is 0 Å². The Kier molecular flexibility index (Phi) is 6.11. The minimum Gasteiger partial charge on any atom is -0.496 e. The molecule has 0 unspecified atom stereocenters. The highest BCUT2D eigenvalue weighted by molar-refractivity contribution is 5.97. The second-order valence-corrected chi connectivity index (χ2v) is 6.29. The molecule has 154 valence electrons. The van der Waals surface area contributed by atoms with Gasteiger partial charge in [0.15, 0.2) is 11.4 Å². The first kappa shape index (κ1) is 20.6. The number of carbonyl (C=O) groups excluding carboxylic acids is 1. The van der Waals surface area contributed by atoms with Gasteiger partial charge in [0.2, 0.25) is 5.88 Å². The van der Waals surface area contributed by atoms with Gasteiger partial charge in [0.25, 0.3) is 11.5 Å². The average molecular weight is 409 g/mol. The fraction of sp³-hybridized carbons (Fsp3) is 0.143. The van der Waals surface area contributed by atoms with Crippen molar-refractivity contribution in [2.75, 3.05) is 13.7 Å². The molecular weight excluding hydrogens is 390 g/mol. The number of aromatic hydroxyl groups is 1. The van der Waals surface area contributed by atoms with Crippen molar-refractivity contribution in [1.82, 2.24) is 14.9 Å². The maximum absolute atomic E-state index is 13.2. The van der Waals surface area contributed by atoms with Crippen molar-refractivity contribution in [3.63, 3.8) is 0 Å². The molecule has 0 saturated carbocycles. The van der Waals surface area contributed by atoms with E-state index in [0.29, 0.717) is 11.3 Å². The number of nitrogens with zero attached hydrogens (tertiary/aromatic N) is 2. The minimum atomic E-state index is -1.29. The summed E-state index contributed by atoms with van der Waals surface area (Å²) in [6.07, 6.45) is 0. The predicted molar refractivity (Wildman–Crippen MR) is 108 cm³/mol. The topological polar surface area (TPSA) is 131 Å². The third-order valence-electron chi connectivity index (χ3n) is 4.31. The SMILES string of the molecule is COc1ccccc1-c1nc(O)c(C(=O)NCC(=O)O)c(=O)n1Cc1ccccc1. The molecule has 0 atom stereocenters. The van der Waals surface area contributed by atoms with E-state index in [1.807, 2.05) is 6.07 Å². The van der Waals surface area contributed by atoms with Crippen LogP contribution in [0.4, 0.5) is 0 Å². The number of nitrogens with one attached hydrogen (secondary N) is 1. The van der Waals surface area contributed by atoms with Crippen molar-refractivity contribution in [2.24, 2.45) is 0 Å². The molecule has 0 aliphatic rings. The van der Waals surface area contributed by atoms with Gasteiger partial charge in [0, 0.05) is 0 Å². The van der Waals surface area contributed by atoms with Gasteiger partial charge in [-0.1, -0.05) is 42.5 Å². The van der Waals surface area contributed by atoms with Gasteiger partial charge in [0.05, 0.1) is 19.2 Å². The lowest BCUT2D eigenvalue weighted by Crippen LogP contribution is -2.36. The number of methoxy groups -OCH3 is 1. The molecule has 0 spiro atoms. The Bertz CT molecular complexity index is 1140. The normalized spacial score (nSPS) is 10.4. The van der Waals surface area contributed by atoms with E-state index in [9.17, 15) is 19.5 Å². The number of rotatable bonds is 7. The molecule has 1 heterocycles. The lowest BCUT2D eigenvalue weighted by Gasteiger charge is -2.16. The largest absolute Gasteiger partial charge is 0.496 e. The molecule has 9 heteroatoms. The zero-order valence-electron chi connectivity index (χ0n) is 16.0. The Morgan fingerprint density at radius 1 is 1.10 bits per heavy atom. The van der Waals surface area contributed by atoms with Gasteiger partial charge >= 0.3 is 5.97 Å². The Hall–Kier alpha value is -4.14. The van der Waals surface area contributed by atoms with Gasteiger partial charge in [-0.2, -0.15) is 4.98 Å². The fourth-order valence-electron chi connectivity index (χ4n) is 2.93. The van der Waals surface area contributed by atoms with Crippen molar-refractivity contribution >= 4 is 11.9 Å². The Labute approximate surface area is 171 Å². The standard InChI is InChI=1S/C21H19N3O6/c1-30-15-10-6-5-9-14(15)18-23-20(28)17(19(27)22-11-16(25)26)21(29)24(18)12-13-7-3-2-4-8-13/h2-10,28H,11-12H2,1H3,(H,22,27)(H,25,26). The van der Waals surface area contributed by atoms with E-state index in [1.54, 1.807) is 48.5 Å². The number of aliphatic carboxylic acids is 1. The zero-order chi connectivity index (χ0) is 21.7. The summed E-state index contributed by atoms with van der Waals surface area (Å²) < 4.78 is 6.58. The van der Waals surface area contributed by atoms with Crippen LogP contribution in [0, 0.1) is 0 Å². The summed E-state index contributed by atoms with van der Waals surface area (Å²) >= 11 is 0. The van der Waals surface area contributed by atoms with Crippen LogP contribution >= 0.6 is 0 Å². The monoisotopic (exact) mass is 409 g/mol. The molecule has 3 rings (SSSR count). The maximum Gasteiger partial charge on any atom is 0.322 e. The number of hydrogen-bond donors (Lipinski definition) is 3. The fourth-order valence-corrected chi connectivity index (χ4v) is 2.93. The first-order valence-corrected chi connectivity index (χ1v) is 8.93. The number of carboxylic acids is 1. The van der Waals surface area contributed by atoms with Crippen LogP contribution in [-0.4, -0.2) is 45.3 Å². The Morgan fingerprint density at radius 3 is 2.43 bits per heavy atom. The average Bonchev–Trinajstić information content (AvgIpc) is 2.74. The number of carboxylic acid groups (broad SMARTS) is 1. The second-order valence-electron chi connectivity index (χ2n) is 6.29. The summed E-state index contributed by atoms with van der Waals surface area (Å²) in [6, 6.07) is 15.9. The van der Waals surface area contributed by atoms with Gasteiger partial charge in [-0.25, -0.2) is 0 Å². The number of amides is 1. The molecule has 1 aromatic heterocycles. The molecule has 0 fully saturated rings. The lowest BCUT2D eigenvalue weighted by atomic mass is 10.1. The quantitative estimate of drug-likeness (QED) is 0.539. The summed E-state index contributed by atoms with van der Waals surface area (Å²) in [5, 5.41) is 21.2. The summed E-state index contributed by atoms with van der Waals surface area (Å²) in [7, 11) is 1.46. The van der Waals surface area contributed by atoms with E-state index in [1.165, 1.54) is 11.7 Å². The number of aromatic nitrogens is 2. The predicted octanol–water partition coefficient (Wildman–Crippen LogP) is 1.49. The van der Waals surface area contributed by atoms with E-state index in [0.717, 1.165) is 5.56 Å². The molecule has 0 bridgehead atoms. The third-order valence-corrected chi connectivity index (χ3v) is 4.31. The number of carbonyl (C=O) groups is 2. The highest BCUT2D eigenvalue weighted by Gasteiger charge is 2.24. The van der Waals surface area contributed by atoms with Crippen LogP contribution in [0.5, 0.6) is 11.6 Å². The molecule has 3 aromatic rings. The van der Waals surface area contributed by atoms with Gasteiger partial charge in [-0.05, 0) is 17.7 Å². The first-order chi connectivity index (χ1) is 14.4. The molecule has 3 N–H and O–H groups in total. The van der Waals surface area contributed by atoms with Gasteiger partial charge in [-0.15, -0.1) is 0 Å². The summed E-state index contributed by atoms with van der Waals surface area (Å²) in [5.41, 5.74) is -0.234. The molecule has 0 aliphatic heterocycles. The molecule has 0 saturated heterocycles. The number of benzene rings is 2. The summed E-state index contributed by atoms with van der Waals surface area (Å²) in [5.74, 6) is -2.58. The van der Waals surface area contributed by atoms with E-state index in [-0.39, 0.29) is 12.4 Å². The number of para-hydroxylation sites is 1. The molecule has 2 aromatic carbocycles. The van der Waals surface area contributed by atoms with E-state index < -0.39 is 35.4 Å². The lowest BCUT2D eigenvalue weighted by molar-refractivity contribution is -0.135. The summed E-state index contributed by atoms with van der Waals surface area (Å²) in [6.45, 7) is -0.635. The molecular formula is C21H19N3O6. The van der Waals surface area contributed by atoms with Crippen LogP contribution in [0.3, 0.4) is 0 Å². The number of ether oxygens (including phenoxy) is 1. The Morgan fingerprint density at radius 2 is 1.77 bits per heavy atom. The summed E-state index contributed by atoms with van der Waals surface area (Å²) in [4.78, 5) is 40.4.